The standard InChI is InChI=1S/C15H17N3O3/c1-10-14(15(20)21-9-13(16)19)11(2)18(17-10)8-12-6-4-3-5-7-12/h3-7H,8-9H2,1-2H3,(H2,16,19). The van der Waals surface area contributed by atoms with Gasteiger partial charge in [0.05, 0.1) is 17.9 Å². The van der Waals surface area contributed by atoms with Crippen LogP contribution in [0.15, 0.2) is 30.3 Å². The molecule has 110 valence electrons. The summed E-state index contributed by atoms with van der Waals surface area (Å²) in [5.74, 6) is -1.27. The van der Waals surface area contributed by atoms with E-state index in [1.165, 1.54) is 0 Å². The number of ether oxygens (including phenoxy) is 1. The minimum Gasteiger partial charge on any atom is -0.452 e. The van der Waals surface area contributed by atoms with Gasteiger partial charge in [0.2, 0.25) is 0 Å². The van der Waals surface area contributed by atoms with Crippen LogP contribution in [0.1, 0.15) is 27.3 Å². The van der Waals surface area contributed by atoms with Gasteiger partial charge in [-0.2, -0.15) is 5.10 Å². The zero-order valence-electron chi connectivity index (χ0n) is 12.0. The van der Waals surface area contributed by atoms with Gasteiger partial charge in [-0.3, -0.25) is 9.48 Å². The van der Waals surface area contributed by atoms with Gasteiger partial charge < -0.3 is 10.5 Å². The van der Waals surface area contributed by atoms with E-state index < -0.39 is 18.5 Å². The van der Waals surface area contributed by atoms with Crippen molar-refractivity contribution in [3.63, 3.8) is 0 Å². The third kappa shape index (κ3) is 3.47. The van der Waals surface area contributed by atoms with Gasteiger partial charge in [0.1, 0.15) is 5.56 Å². The predicted octanol–water partition coefficient (Wildman–Crippen LogP) is 1.19. The molecule has 0 bridgehead atoms. The molecule has 0 atom stereocenters. The number of aromatic nitrogens is 2. The van der Waals surface area contributed by atoms with Crippen LogP contribution in [0, 0.1) is 13.8 Å². The van der Waals surface area contributed by atoms with E-state index in [4.69, 9.17) is 10.5 Å². The lowest BCUT2D eigenvalue weighted by atomic mass is 10.2. The number of nitrogens with two attached hydrogens (primary N) is 1. The summed E-state index contributed by atoms with van der Waals surface area (Å²) in [4.78, 5) is 22.6. The van der Waals surface area contributed by atoms with Crippen LogP contribution in [0.2, 0.25) is 0 Å². The van der Waals surface area contributed by atoms with Gasteiger partial charge in [-0.15, -0.1) is 0 Å². The van der Waals surface area contributed by atoms with E-state index in [-0.39, 0.29) is 0 Å². The number of benzene rings is 1. The Labute approximate surface area is 122 Å². The van der Waals surface area contributed by atoms with Crippen molar-refractivity contribution in [1.29, 1.82) is 0 Å². The minimum atomic E-state index is -0.685. The van der Waals surface area contributed by atoms with Gasteiger partial charge in [-0.25, -0.2) is 4.79 Å². The first-order valence-corrected chi connectivity index (χ1v) is 6.52. The molecule has 0 saturated carbocycles. The van der Waals surface area contributed by atoms with Gasteiger partial charge in [0.25, 0.3) is 5.91 Å². The smallest absolute Gasteiger partial charge is 0.342 e. The summed E-state index contributed by atoms with van der Waals surface area (Å²) in [5.41, 5.74) is 7.70. The summed E-state index contributed by atoms with van der Waals surface area (Å²) in [6.45, 7) is 3.66. The van der Waals surface area contributed by atoms with Gasteiger partial charge in [0.15, 0.2) is 6.61 Å². The lowest BCUT2D eigenvalue weighted by molar-refractivity contribution is -0.121. The first-order valence-electron chi connectivity index (χ1n) is 6.52. The van der Waals surface area contributed by atoms with Crippen molar-refractivity contribution in [2.75, 3.05) is 6.61 Å². The van der Waals surface area contributed by atoms with Crippen LogP contribution >= 0.6 is 0 Å². The molecular formula is C15H17N3O3. The van der Waals surface area contributed by atoms with Crippen LogP contribution in [0.3, 0.4) is 0 Å². The molecule has 2 aromatic rings. The molecule has 0 aliphatic heterocycles. The van der Waals surface area contributed by atoms with Crippen molar-refractivity contribution in [2.24, 2.45) is 5.73 Å². The number of amides is 1. The molecule has 1 heterocycles. The largest absolute Gasteiger partial charge is 0.452 e. The number of hydrogen-bond donors (Lipinski definition) is 1. The van der Waals surface area contributed by atoms with Crippen LogP contribution in [0.4, 0.5) is 0 Å². The molecule has 6 heteroatoms. The highest BCUT2D eigenvalue weighted by molar-refractivity contribution is 5.93. The quantitative estimate of drug-likeness (QED) is 0.837. The van der Waals surface area contributed by atoms with Crippen molar-refractivity contribution >= 4 is 11.9 Å². The van der Waals surface area contributed by atoms with Crippen molar-refractivity contribution in [3.05, 3.63) is 52.8 Å². The second-order valence-electron chi connectivity index (χ2n) is 4.73. The molecule has 0 radical (unpaired) electrons. The Morgan fingerprint density at radius 2 is 1.90 bits per heavy atom. The molecule has 0 spiro atoms. The molecule has 21 heavy (non-hydrogen) atoms. The Kier molecular flexibility index (Phi) is 4.37. The van der Waals surface area contributed by atoms with Gasteiger partial charge >= 0.3 is 5.97 Å². The van der Waals surface area contributed by atoms with Crippen molar-refractivity contribution < 1.29 is 14.3 Å². The van der Waals surface area contributed by atoms with E-state index in [0.29, 0.717) is 23.5 Å². The SMILES string of the molecule is Cc1nn(Cc2ccccc2)c(C)c1C(=O)OCC(N)=O. The van der Waals surface area contributed by atoms with Crippen molar-refractivity contribution in [2.45, 2.75) is 20.4 Å². The molecule has 1 amide bonds. The maximum Gasteiger partial charge on any atom is 0.342 e. The molecule has 2 N–H and O–H groups in total. The number of rotatable bonds is 5. The number of carbonyl (C=O) groups is 2. The molecule has 0 saturated heterocycles. The Bertz CT molecular complexity index is 662. The first kappa shape index (κ1) is 14.8. The first-order chi connectivity index (χ1) is 9.99. The topological polar surface area (TPSA) is 87.2 Å². The lowest BCUT2D eigenvalue weighted by Crippen LogP contribution is -2.21. The Morgan fingerprint density at radius 1 is 1.24 bits per heavy atom. The highest BCUT2D eigenvalue weighted by Crippen LogP contribution is 2.16. The monoisotopic (exact) mass is 287 g/mol. The average molecular weight is 287 g/mol. The third-order valence-corrected chi connectivity index (χ3v) is 3.11. The zero-order valence-corrected chi connectivity index (χ0v) is 12.0. The van der Waals surface area contributed by atoms with Crippen LogP contribution in [-0.4, -0.2) is 28.3 Å². The number of hydrogen-bond acceptors (Lipinski definition) is 4. The maximum atomic E-state index is 12.0. The average Bonchev–Trinajstić information content (AvgIpc) is 2.72. The molecular weight excluding hydrogens is 270 g/mol. The molecule has 0 fully saturated rings. The van der Waals surface area contributed by atoms with E-state index in [0.717, 1.165) is 5.56 Å². The number of carbonyl (C=O) groups excluding carboxylic acids is 2. The third-order valence-electron chi connectivity index (χ3n) is 3.11. The van der Waals surface area contributed by atoms with E-state index >= 15 is 0 Å². The van der Waals surface area contributed by atoms with Gasteiger partial charge in [0, 0.05) is 0 Å². The Morgan fingerprint density at radius 3 is 2.52 bits per heavy atom. The number of esters is 1. The Balaban J connectivity index is 2.21. The van der Waals surface area contributed by atoms with Crippen LogP contribution in [0.25, 0.3) is 0 Å². The Hall–Kier alpha value is -2.63. The van der Waals surface area contributed by atoms with Crippen LogP contribution < -0.4 is 5.73 Å². The molecule has 0 aliphatic carbocycles. The zero-order chi connectivity index (χ0) is 15.4. The summed E-state index contributed by atoms with van der Waals surface area (Å²) >= 11 is 0. The van der Waals surface area contributed by atoms with Crippen LogP contribution in [-0.2, 0) is 16.1 Å². The number of nitrogens with zero attached hydrogens (tertiary/aromatic N) is 2. The second-order valence-corrected chi connectivity index (χ2v) is 4.73. The summed E-state index contributed by atoms with van der Waals surface area (Å²) in [7, 11) is 0. The minimum absolute atomic E-state index is 0.382. The van der Waals surface area contributed by atoms with E-state index in [2.05, 4.69) is 5.10 Å². The van der Waals surface area contributed by atoms with E-state index in [1.807, 2.05) is 30.3 Å². The summed E-state index contributed by atoms with van der Waals surface area (Å²) < 4.78 is 6.59. The molecule has 1 aromatic heterocycles. The molecule has 6 nitrogen and oxygen atoms in total. The molecule has 0 aliphatic rings. The summed E-state index contributed by atoms with van der Waals surface area (Å²) in [6.07, 6.45) is 0. The number of aryl methyl sites for hydroxylation is 1. The van der Waals surface area contributed by atoms with Crippen LogP contribution in [0.5, 0.6) is 0 Å². The molecule has 2 rings (SSSR count). The second kappa shape index (κ2) is 6.21. The summed E-state index contributed by atoms with van der Waals surface area (Å²) in [6, 6.07) is 9.81. The lowest BCUT2D eigenvalue weighted by Gasteiger charge is -2.05. The fourth-order valence-electron chi connectivity index (χ4n) is 2.11. The van der Waals surface area contributed by atoms with Crippen molar-refractivity contribution in [1.82, 2.24) is 9.78 Å². The fraction of sp³-hybridized carbons (Fsp3) is 0.267. The van der Waals surface area contributed by atoms with Crippen molar-refractivity contribution in [3.8, 4) is 0 Å². The number of primary amides is 1. The van der Waals surface area contributed by atoms with Gasteiger partial charge in [-0.1, -0.05) is 30.3 Å². The molecule has 0 unspecified atom stereocenters. The highest BCUT2D eigenvalue weighted by Gasteiger charge is 2.20. The fourth-order valence-corrected chi connectivity index (χ4v) is 2.11. The summed E-state index contributed by atoms with van der Waals surface area (Å²) in [5, 5.41) is 4.35. The maximum absolute atomic E-state index is 12.0. The van der Waals surface area contributed by atoms with E-state index in [1.54, 1.807) is 18.5 Å². The van der Waals surface area contributed by atoms with E-state index in [9.17, 15) is 9.59 Å². The van der Waals surface area contributed by atoms with Gasteiger partial charge in [-0.05, 0) is 19.4 Å². The normalized spacial score (nSPS) is 10.4. The molecule has 1 aromatic carbocycles. The predicted molar refractivity (Wildman–Crippen MR) is 76.7 cm³/mol. The highest BCUT2D eigenvalue weighted by atomic mass is 16.5.